The molecule has 5 aliphatic rings. The lowest BCUT2D eigenvalue weighted by Crippen LogP contribution is -2.41. The van der Waals surface area contributed by atoms with Gasteiger partial charge in [0.2, 0.25) is 0 Å². The molecule has 3 heteroatoms. The van der Waals surface area contributed by atoms with Gasteiger partial charge in [0.25, 0.3) is 0 Å². The molecular formula is C20H26O3. The Kier molecular flexibility index (Phi) is 3.01. The predicted octanol–water partition coefficient (Wildman–Crippen LogP) is 3.94. The molecule has 1 heterocycles. The van der Waals surface area contributed by atoms with Crippen molar-refractivity contribution in [2.24, 2.45) is 17.3 Å². The fraction of sp³-hybridized carbons (Fsp3) is 0.750. The largest absolute Gasteiger partial charge is 0.347 e. The van der Waals surface area contributed by atoms with E-state index < -0.39 is 0 Å². The molecule has 124 valence electrons. The van der Waals surface area contributed by atoms with E-state index in [1.165, 1.54) is 12.8 Å². The van der Waals surface area contributed by atoms with Crippen molar-refractivity contribution in [2.75, 3.05) is 13.2 Å². The number of hydrogen-bond acceptors (Lipinski definition) is 3. The van der Waals surface area contributed by atoms with Crippen LogP contribution in [0.2, 0.25) is 0 Å². The molecular weight excluding hydrogens is 288 g/mol. The molecule has 0 N–H and O–H groups in total. The van der Waals surface area contributed by atoms with E-state index in [1.54, 1.807) is 16.7 Å². The molecule has 1 saturated carbocycles. The lowest BCUT2D eigenvalue weighted by molar-refractivity contribution is -0.164. The van der Waals surface area contributed by atoms with Gasteiger partial charge in [-0.3, -0.25) is 4.79 Å². The topological polar surface area (TPSA) is 35.5 Å². The van der Waals surface area contributed by atoms with Gasteiger partial charge < -0.3 is 9.47 Å². The highest BCUT2D eigenvalue weighted by atomic mass is 16.7. The second kappa shape index (κ2) is 4.80. The van der Waals surface area contributed by atoms with Gasteiger partial charge in [0.15, 0.2) is 5.79 Å². The van der Waals surface area contributed by atoms with Gasteiger partial charge in [-0.05, 0) is 55.1 Å². The van der Waals surface area contributed by atoms with Crippen molar-refractivity contribution < 1.29 is 14.3 Å². The zero-order valence-corrected chi connectivity index (χ0v) is 14.0. The molecule has 0 aromatic heterocycles. The van der Waals surface area contributed by atoms with E-state index in [-0.39, 0.29) is 11.2 Å². The van der Waals surface area contributed by atoms with Crippen molar-refractivity contribution in [3.8, 4) is 0 Å². The van der Waals surface area contributed by atoms with Gasteiger partial charge in [-0.2, -0.15) is 0 Å². The van der Waals surface area contributed by atoms with E-state index in [4.69, 9.17) is 9.47 Å². The summed E-state index contributed by atoms with van der Waals surface area (Å²) in [6.07, 6.45) is 10.7. The van der Waals surface area contributed by atoms with Crippen LogP contribution >= 0.6 is 0 Å². The Labute approximate surface area is 138 Å². The van der Waals surface area contributed by atoms with E-state index in [9.17, 15) is 4.79 Å². The normalized spacial score (nSPS) is 41.6. The maximum Gasteiger partial charge on any atom is 0.172 e. The van der Waals surface area contributed by atoms with Crippen LogP contribution in [0.3, 0.4) is 0 Å². The van der Waals surface area contributed by atoms with E-state index >= 15 is 0 Å². The quantitative estimate of drug-likeness (QED) is 0.679. The standard InChI is InChI=1S/C20H26O3/c1-19-8-6-15-14-7-9-20(22-10-11-23-20)12-13(14)2-3-16(15)17(19)4-5-18(19)21/h6,16-17H,2-5,7-12H2,1H3/t16-,17-,19-/m1/s1. The number of fused-ring (bicyclic) bond motifs is 4. The zero-order chi connectivity index (χ0) is 15.7. The minimum absolute atomic E-state index is 0.0696. The Bertz CT molecular complexity index is 623. The molecule has 0 amide bonds. The van der Waals surface area contributed by atoms with Crippen molar-refractivity contribution in [1.29, 1.82) is 0 Å². The third kappa shape index (κ3) is 1.93. The molecule has 2 fully saturated rings. The van der Waals surface area contributed by atoms with Crippen LogP contribution in [0, 0.1) is 17.3 Å². The van der Waals surface area contributed by atoms with Crippen LogP contribution in [0.5, 0.6) is 0 Å². The maximum atomic E-state index is 12.4. The molecule has 5 rings (SSSR count). The van der Waals surface area contributed by atoms with Crippen LogP contribution in [-0.4, -0.2) is 24.8 Å². The van der Waals surface area contributed by atoms with Gasteiger partial charge in [0, 0.05) is 24.7 Å². The van der Waals surface area contributed by atoms with E-state index in [0.717, 1.165) is 51.7 Å². The molecule has 23 heavy (non-hydrogen) atoms. The summed E-state index contributed by atoms with van der Waals surface area (Å²) in [5.41, 5.74) is 4.71. The number of hydrogen-bond donors (Lipinski definition) is 0. The lowest BCUT2D eigenvalue weighted by atomic mass is 9.58. The summed E-state index contributed by atoms with van der Waals surface area (Å²) >= 11 is 0. The van der Waals surface area contributed by atoms with Crippen LogP contribution in [-0.2, 0) is 14.3 Å². The summed E-state index contributed by atoms with van der Waals surface area (Å²) in [6.45, 7) is 3.72. The van der Waals surface area contributed by atoms with Gasteiger partial charge >= 0.3 is 0 Å². The van der Waals surface area contributed by atoms with E-state index in [0.29, 0.717) is 17.6 Å². The van der Waals surface area contributed by atoms with Crippen LogP contribution < -0.4 is 0 Å². The summed E-state index contributed by atoms with van der Waals surface area (Å²) in [7, 11) is 0. The first kappa shape index (κ1) is 14.4. The molecule has 1 saturated heterocycles. The number of rotatable bonds is 0. The molecule has 3 atom stereocenters. The smallest absolute Gasteiger partial charge is 0.172 e. The Morgan fingerprint density at radius 1 is 1.13 bits per heavy atom. The fourth-order valence-electron chi connectivity index (χ4n) is 6.08. The molecule has 0 bridgehead atoms. The first-order valence-electron chi connectivity index (χ1n) is 9.34. The first-order valence-corrected chi connectivity index (χ1v) is 9.34. The third-order valence-corrected chi connectivity index (χ3v) is 7.35. The third-order valence-electron chi connectivity index (χ3n) is 7.35. The van der Waals surface area contributed by atoms with Crippen molar-refractivity contribution >= 4 is 5.78 Å². The Balaban J connectivity index is 1.49. The summed E-state index contributed by atoms with van der Waals surface area (Å²) < 4.78 is 11.9. The monoisotopic (exact) mass is 314 g/mol. The predicted molar refractivity (Wildman–Crippen MR) is 86.8 cm³/mol. The fourth-order valence-corrected chi connectivity index (χ4v) is 6.08. The lowest BCUT2D eigenvalue weighted by Gasteiger charge is -2.46. The second-order valence-corrected chi connectivity index (χ2v) is 8.36. The van der Waals surface area contributed by atoms with Gasteiger partial charge in [-0.1, -0.05) is 18.6 Å². The number of carbonyl (C=O) groups excluding carboxylic acids is 1. The van der Waals surface area contributed by atoms with E-state index in [2.05, 4.69) is 13.0 Å². The molecule has 1 spiro atoms. The van der Waals surface area contributed by atoms with Gasteiger partial charge in [0.1, 0.15) is 5.78 Å². The van der Waals surface area contributed by atoms with Crippen LogP contribution in [0.15, 0.2) is 22.8 Å². The highest BCUT2D eigenvalue weighted by Gasteiger charge is 2.53. The summed E-state index contributed by atoms with van der Waals surface area (Å²) in [5, 5.41) is 0. The minimum atomic E-state index is -0.307. The average molecular weight is 314 g/mol. The maximum absolute atomic E-state index is 12.4. The van der Waals surface area contributed by atoms with Gasteiger partial charge in [-0.25, -0.2) is 0 Å². The van der Waals surface area contributed by atoms with Crippen molar-refractivity contribution in [2.45, 2.75) is 64.1 Å². The highest BCUT2D eigenvalue weighted by molar-refractivity contribution is 5.87. The Morgan fingerprint density at radius 2 is 1.96 bits per heavy atom. The zero-order valence-electron chi connectivity index (χ0n) is 14.0. The van der Waals surface area contributed by atoms with Crippen LogP contribution in [0.4, 0.5) is 0 Å². The molecule has 0 aromatic rings. The molecule has 0 unspecified atom stereocenters. The summed E-state index contributed by atoms with van der Waals surface area (Å²) in [4.78, 5) is 12.4. The molecule has 0 radical (unpaired) electrons. The van der Waals surface area contributed by atoms with Gasteiger partial charge in [0.05, 0.1) is 13.2 Å². The molecule has 0 aromatic carbocycles. The van der Waals surface area contributed by atoms with Crippen molar-refractivity contribution in [3.05, 3.63) is 22.8 Å². The number of ether oxygens (including phenoxy) is 2. The van der Waals surface area contributed by atoms with Gasteiger partial charge in [-0.15, -0.1) is 0 Å². The number of ketones is 1. The van der Waals surface area contributed by atoms with E-state index in [1.807, 2.05) is 0 Å². The first-order chi connectivity index (χ1) is 11.1. The summed E-state index contributed by atoms with van der Waals surface area (Å²) in [6, 6.07) is 0. The molecule has 1 aliphatic heterocycles. The second-order valence-electron chi connectivity index (χ2n) is 8.36. The van der Waals surface area contributed by atoms with Crippen molar-refractivity contribution in [1.82, 2.24) is 0 Å². The number of allylic oxidation sites excluding steroid dienone is 3. The number of carbonyl (C=O) groups is 1. The minimum Gasteiger partial charge on any atom is -0.347 e. The number of Topliss-reactive ketones (excluding diaryl/α,β-unsaturated/α-hetero) is 1. The Morgan fingerprint density at radius 3 is 2.78 bits per heavy atom. The Hall–Kier alpha value is -0.930. The van der Waals surface area contributed by atoms with Crippen molar-refractivity contribution in [3.63, 3.8) is 0 Å². The molecule has 3 nitrogen and oxygen atoms in total. The highest BCUT2D eigenvalue weighted by Crippen LogP contribution is 2.58. The SMILES string of the molecule is C[C@@]12CC=C3C4=C(CC[C@H]3[C@H]1CCC2=O)CC1(CC4)OCCO1. The van der Waals surface area contributed by atoms with Crippen LogP contribution in [0.25, 0.3) is 0 Å². The average Bonchev–Trinajstić information content (AvgIpc) is 3.12. The van der Waals surface area contributed by atoms with Crippen LogP contribution in [0.1, 0.15) is 58.3 Å². The summed E-state index contributed by atoms with van der Waals surface area (Å²) in [5.74, 6) is 1.41. The molecule has 4 aliphatic carbocycles.